The van der Waals surface area contributed by atoms with Crippen LogP contribution in [-0.4, -0.2) is 22.1 Å². The van der Waals surface area contributed by atoms with Crippen LogP contribution in [0.2, 0.25) is 0 Å². The van der Waals surface area contributed by atoms with E-state index in [1.807, 2.05) is 0 Å². The molecule has 0 radical (unpaired) electrons. The summed E-state index contributed by atoms with van der Waals surface area (Å²) in [5, 5.41) is 0. The number of hydrogen-bond donors (Lipinski definition) is 0. The third kappa shape index (κ3) is 4.49. The first kappa shape index (κ1) is 23.3. The van der Waals surface area contributed by atoms with E-state index in [-0.39, 0.29) is 0 Å². The van der Waals surface area contributed by atoms with E-state index in [2.05, 4.69) is 153 Å². The van der Waals surface area contributed by atoms with E-state index in [0.717, 1.165) is 5.69 Å². The quantitative estimate of drug-likeness (QED) is 0.176. The molecule has 0 unspecified atom stereocenters. The molecule has 2 heteroatoms. The van der Waals surface area contributed by atoms with E-state index in [9.17, 15) is 0 Å². The Labute approximate surface area is 212 Å². The molecule has 0 heterocycles. The average Bonchev–Trinajstić information content (AvgIpc) is 2.92. The topological polar surface area (TPSA) is 12.4 Å². The van der Waals surface area contributed by atoms with Crippen molar-refractivity contribution >= 4 is 38.5 Å². The van der Waals surface area contributed by atoms with Gasteiger partial charge in [-0.05, 0) is 0 Å². The molecule has 0 bridgehead atoms. The van der Waals surface area contributed by atoms with Crippen molar-refractivity contribution in [3.8, 4) is 0 Å². The van der Waals surface area contributed by atoms with E-state index in [1.165, 1.54) is 31.2 Å². The van der Waals surface area contributed by atoms with Crippen molar-refractivity contribution in [1.82, 2.24) is 0 Å². The summed E-state index contributed by atoms with van der Waals surface area (Å²) < 4.78 is 5.41. The summed E-state index contributed by atoms with van der Waals surface area (Å²) in [5.74, 6) is 0. The number of nitrogens with zero attached hydrogens (tertiary/aromatic N) is 1. The van der Waals surface area contributed by atoms with Gasteiger partial charge in [0.15, 0.2) is 0 Å². The van der Waals surface area contributed by atoms with Gasteiger partial charge in [-0.1, -0.05) is 0 Å². The normalized spacial score (nSPS) is 11.9. The van der Waals surface area contributed by atoms with Gasteiger partial charge in [0, 0.05) is 0 Å². The van der Waals surface area contributed by atoms with Crippen molar-refractivity contribution in [3.05, 3.63) is 156 Å². The Balaban J connectivity index is 1.98. The first-order chi connectivity index (χ1) is 17.2. The molecular formula is C33H29NSn. The van der Waals surface area contributed by atoms with E-state index in [1.54, 1.807) is 0 Å². The third-order valence-electron chi connectivity index (χ3n) is 6.69. The van der Waals surface area contributed by atoms with Gasteiger partial charge in [-0.3, -0.25) is 0 Å². The van der Waals surface area contributed by atoms with Gasteiger partial charge in [0.1, 0.15) is 0 Å². The molecule has 0 aliphatic carbocycles. The van der Waals surface area contributed by atoms with Gasteiger partial charge >= 0.3 is 214 Å². The number of aryl methyl sites for hydroxylation is 2. The van der Waals surface area contributed by atoms with Gasteiger partial charge in [0.2, 0.25) is 0 Å². The summed E-state index contributed by atoms with van der Waals surface area (Å²) in [4.78, 5) is 5.64. The van der Waals surface area contributed by atoms with Gasteiger partial charge in [-0.25, -0.2) is 0 Å². The maximum absolute atomic E-state index is 5.64. The third-order valence-corrected chi connectivity index (χ3v) is 20.1. The zero-order valence-electron chi connectivity index (χ0n) is 20.2. The standard InChI is InChI=1S/C15H14N.3C6H5.Sn/c1-12-7-6-8-13(2)15(12)16-11-14-9-4-3-5-10-14;3*1-2-4-6-5-3-1;/h3-10H,1-2H3;3*1-5H;. The van der Waals surface area contributed by atoms with Gasteiger partial charge in [0.25, 0.3) is 0 Å². The second-order valence-electron chi connectivity index (χ2n) is 8.91. The van der Waals surface area contributed by atoms with E-state index in [0.29, 0.717) is 0 Å². The van der Waals surface area contributed by atoms with Gasteiger partial charge in [0.05, 0.1) is 0 Å². The van der Waals surface area contributed by atoms with E-state index >= 15 is 0 Å². The first-order valence-electron chi connectivity index (χ1n) is 12.1. The van der Waals surface area contributed by atoms with Crippen LogP contribution in [0.5, 0.6) is 0 Å². The molecule has 35 heavy (non-hydrogen) atoms. The van der Waals surface area contributed by atoms with E-state index < -0.39 is 18.4 Å². The van der Waals surface area contributed by atoms with Crippen LogP contribution in [0.15, 0.2) is 145 Å². The number of hydrogen-bond acceptors (Lipinski definition) is 1. The Morgan fingerprint density at radius 1 is 0.457 bits per heavy atom. The number of aliphatic imine (C=N–C) groups is 1. The molecular weight excluding hydrogens is 529 g/mol. The van der Waals surface area contributed by atoms with Crippen LogP contribution in [0, 0.1) is 13.8 Å². The number of benzene rings is 5. The van der Waals surface area contributed by atoms with Crippen molar-refractivity contribution in [2.75, 3.05) is 0 Å². The van der Waals surface area contributed by atoms with Crippen molar-refractivity contribution in [2.24, 2.45) is 4.99 Å². The number of para-hydroxylation sites is 1. The molecule has 170 valence electrons. The Morgan fingerprint density at radius 2 is 0.829 bits per heavy atom. The summed E-state index contributed by atoms with van der Waals surface area (Å²) >= 11 is -3.88. The molecule has 0 aliphatic rings. The van der Waals surface area contributed by atoms with E-state index in [4.69, 9.17) is 4.99 Å². The Bertz CT molecular complexity index is 1310. The summed E-state index contributed by atoms with van der Waals surface area (Å²) in [6.45, 7) is 4.33. The fourth-order valence-electron chi connectivity index (χ4n) is 5.03. The zero-order chi connectivity index (χ0) is 24.1. The van der Waals surface area contributed by atoms with Crippen LogP contribution in [0.3, 0.4) is 0 Å². The summed E-state index contributed by atoms with van der Waals surface area (Å²) in [6.07, 6.45) is 0. The molecule has 0 aromatic heterocycles. The molecule has 0 N–H and O–H groups in total. The Hall–Kier alpha value is -3.43. The summed E-state index contributed by atoms with van der Waals surface area (Å²) in [6, 6.07) is 50.6. The maximum atomic E-state index is 5.64. The molecule has 0 spiro atoms. The van der Waals surface area contributed by atoms with Gasteiger partial charge < -0.3 is 0 Å². The van der Waals surface area contributed by atoms with Gasteiger partial charge in [-0.2, -0.15) is 0 Å². The van der Waals surface area contributed by atoms with Crippen molar-refractivity contribution in [2.45, 2.75) is 13.8 Å². The molecule has 5 rings (SSSR count). The fraction of sp³-hybridized carbons (Fsp3) is 0.0606. The van der Waals surface area contributed by atoms with Gasteiger partial charge in [-0.15, -0.1) is 0 Å². The predicted molar refractivity (Wildman–Crippen MR) is 153 cm³/mol. The molecule has 0 saturated carbocycles. The molecule has 0 saturated heterocycles. The second kappa shape index (κ2) is 10.5. The zero-order valence-corrected chi connectivity index (χ0v) is 23.1. The molecule has 1 nitrogen and oxygen atoms in total. The number of rotatable bonds is 6. The summed E-state index contributed by atoms with van der Waals surface area (Å²) in [7, 11) is 0. The Morgan fingerprint density at radius 3 is 1.23 bits per heavy atom. The van der Waals surface area contributed by atoms with Crippen LogP contribution in [-0.2, 0) is 0 Å². The van der Waals surface area contributed by atoms with Crippen LogP contribution < -0.4 is 10.7 Å². The van der Waals surface area contributed by atoms with Crippen molar-refractivity contribution in [1.29, 1.82) is 0 Å². The molecule has 5 aromatic carbocycles. The Kier molecular flexibility index (Phi) is 6.96. The molecule has 0 fully saturated rings. The van der Waals surface area contributed by atoms with Crippen LogP contribution >= 0.6 is 0 Å². The van der Waals surface area contributed by atoms with Crippen molar-refractivity contribution < 1.29 is 0 Å². The van der Waals surface area contributed by atoms with Crippen molar-refractivity contribution in [3.63, 3.8) is 0 Å². The van der Waals surface area contributed by atoms with Crippen LogP contribution in [0.4, 0.5) is 5.69 Å². The minimum absolute atomic E-state index is 1.08. The minimum atomic E-state index is -3.88. The van der Waals surface area contributed by atoms with Crippen LogP contribution in [0.1, 0.15) is 16.7 Å². The molecule has 0 amide bonds. The molecule has 0 atom stereocenters. The van der Waals surface area contributed by atoms with Crippen LogP contribution in [0.25, 0.3) is 0 Å². The fourth-order valence-corrected chi connectivity index (χ4v) is 18.7. The molecule has 0 aliphatic heterocycles. The predicted octanol–water partition coefficient (Wildman–Crippen LogP) is 6.13. The monoisotopic (exact) mass is 559 g/mol. The molecule has 5 aromatic rings. The average molecular weight is 558 g/mol. The second-order valence-corrected chi connectivity index (χ2v) is 19.5. The first-order valence-corrected chi connectivity index (χ1v) is 17.8. The summed E-state index contributed by atoms with van der Waals surface area (Å²) in [5.41, 5.74) is 4.68. The SMILES string of the molecule is Cc1cccc(C)c1N=[C](c1ccccc1)[Sn]([c]1ccccc1)([c]1ccccc1)[c]1ccccc1.